The second-order valence-electron chi connectivity index (χ2n) is 7.35. The van der Waals surface area contributed by atoms with Gasteiger partial charge in [0.25, 0.3) is 0 Å². The van der Waals surface area contributed by atoms with Crippen molar-refractivity contribution in [3.05, 3.63) is 70.6 Å². The molecule has 0 radical (unpaired) electrons. The van der Waals surface area contributed by atoms with Crippen molar-refractivity contribution in [2.75, 3.05) is 6.61 Å². The third-order valence-electron chi connectivity index (χ3n) is 4.77. The lowest BCUT2D eigenvalue weighted by Crippen LogP contribution is -2.25. The highest BCUT2D eigenvalue weighted by Crippen LogP contribution is 2.41. The smallest absolute Gasteiger partial charge is 0.338 e. The normalized spacial score (nSPS) is 16.2. The summed E-state index contributed by atoms with van der Waals surface area (Å²) >= 11 is 0. The van der Waals surface area contributed by atoms with Crippen molar-refractivity contribution < 1.29 is 19.0 Å². The molecule has 1 unspecified atom stereocenters. The average Bonchev–Trinajstić information content (AvgIpc) is 3.21. The Labute approximate surface area is 181 Å². The molecule has 3 rings (SSSR count). The van der Waals surface area contributed by atoms with Gasteiger partial charge in [0, 0.05) is 18.0 Å². The molecule has 162 valence electrons. The highest BCUT2D eigenvalue weighted by Gasteiger charge is 2.36. The van der Waals surface area contributed by atoms with E-state index in [1.54, 1.807) is 24.7 Å². The van der Waals surface area contributed by atoms with Gasteiger partial charge in [0.2, 0.25) is 5.88 Å². The highest BCUT2D eigenvalue weighted by molar-refractivity contribution is 5.92. The van der Waals surface area contributed by atoms with Crippen LogP contribution in [0.25, 0.3) is 0 Å². The van der Waals surface area contributed by atoms with Crippen LogP contribution in [-0.2, 0) is 20.8 Å². The van der Waals surface area contributed by atoms with E-state index in [2.05, 4.69) is 11.2 Å². The Morgan fingerprint density at radius 2 is 2.19 bits per heavy atom. The van der Waals surface area contributed by atoms with Crippen LogP contribution in [0.4, 0.5) is 0 Å². The zero-order valence-electron chi connectivity index (χ0n) is 18.1. The van der Waals surface area contributed by atoms with Crippen molar-refractivity contribution in [1.82, 2.24) is 9.78 Å². The van der Waals surface area contributed by atoms with Gasteiger partial charge in [0.05, 0.1) is 30.7 Å². The van der Waals surface area contributed by atoms with E-state index in [1.165, 1.54) is 0 Å². The standard InChI is InChI=1S/C23H26N4O4/c1-5-29-23(28)20-15(4)31-22(25)18(12-24)21(20)16-7-8-19(30-14(2)3)17(11-16)13-27-10-6-9-26-27/h6-11,14,21H,5,13,25H2,1-4H3. The van der Waals surface area contributed by atoms with Gasteiger partial charge >= 0.3 is 5.97 Å². The molecule has 0 amide bonds. The van der Waals surface area contributed by atoms with E-state index in [9.17, 15) is 10.1 Å². The Bertz CT molecular complexity index is 1060. The van der Waals surface area contributed by atoms with Gasteiger partial charge in [-0.05, 0) is 51.5 Å². The van der Waals surface area contributed by atoms with E-state index in [1.807, 2.05) is 44.3 Å². The molecule has 1 aliphatic rings. The molecule has 31 heavy (non-hydrogen) atoms. The van der Waals surface area contributed by atoms with Gasteiger partial charge in [0.1, 0.15) is 23.2 Å². The maximum absolute atomic E-state index is 12.7. The number of aromatic nitrogens is 2. The molecule has 0 saturated carbocycles. The first-order valence-electron chi connectivity index (χ1n) is 10.1. The molecule has 1 aromatic carbocycles. The molecule has 1 atom stereocenters. The number of nitrogens with two attached hydrogens (primary N) is 1. The lowest BCUT2D eigenvalue weighted by molar-refractivity contribution is -0.139. The number of esters is 1. The van der Waals surface area contributed by atoms with Gasteiger partial charge in [-0.2, -0.15) is 10.4 Å². The number of benzene rings is 1. The van der Waals surface area contributed by atoms with Crippen molar-refractivity contribution in [2.45, 2.75) is 46.3 Å². The van der Waals surface area contributed by atoms with Crippen LogP contribution in [0.3, 0.4) is 0 Å². The molecule has 2 N–H and O–H groups in total. The molecule has 0 fully saturated rings. The summed E-state index contributed by atoms with van der Waals surface area (Å²) in [6, 6.07) is 9.52. The number of ether oxygens (including phenoxy) is 3. The largest absolute Gasteiger partial charge is 0.491 e. The minimum absolute atomic E-state index is 0.0193. The maximum atomic E-state index is 12.7. The summed E-state index contributed by atoms with van der Waals surface area (Å²) in [5.74, 6) is -0.246. The summed E-state index contributed by atoms with van der Waals surface area (Å²) in [5.41, 5.74) is 7.99. The second-order valence-corrected chi connectivity index (χ2v) is 7.35. The number of nitriles is 1. The van der Waals surface area contributed by atoms with Crippen LogP contribution in [0.5, 0.6) is 5.75 Å². The minimum atomic E-state index is -0.706. The molecule has 0 saturated heterocycles. The van der Waals surface area contributed by atoms with Crippen molar-refractivity contribution in [3.63, 3.8) is 0 Å². The maximum Gasteiger partial charge on any atom is 0.338 e. The quantitative estimate of drug-likeness (QED) is 0.681. The van der Waals surface area contributed by atoms with E-state index < -0.39 is 11.9 Å². The van der Waals surface area contributed by atoms with Crippen LogP contribution in [0, 0.1) is 11.3 Å². The van der Waals surface area contributed by atoms with Crippen molar-refractivity contribution in [3.8, 4) is 11.8 Å². The fraction of sp³-hybridized carbons (Fsp3) is 0.348. The molecule has 0 aliphatic carbocycles. The Morgan fingerprint density at radius 3 is 2.81 bits per heavy atom. The van der Waals surface area contributed by atoms with Gasteiger partial charge in [0.15, 0.2) is 0 Å². The molecule has 1 aromatic heterocycles. The topological polar surface area (TPSA) is 112 Å². The molecule has 8 nitrogen and oxygen atoms in total. The summed E-state index contributed by atoms with van der Waals surface area (Å²) in [6.45, 7) is 7.93. The van der Waals surface area contributed by atoms with Gasteiger partial charge in [-0.15, -0.1) is 0 Å². The number of carbonyl (C=O) groups excluding carboxylic acids is 1. The first kappa shape index (κ1) is 22.0. The fourth-order valence-corrected chi connectivity index (χ4v) is 3.53. The molecule has 1 aliphatic heterocycles. The molecular weight excluding hydrogens is 396 g/mol. The molecule has 0 bridgehead atoms. The van der Waals surface area contributed by atoms with Crippen LogP contribution >= 0.6 is 0 Å². The molecule has 2 aromatic rings. The predicted octanol–water partition coefficient (Wildman–Crippen LogP) is 3.36. The Balaban J connectivity index is 2.13. The van der Waals surface area contributed by atoms with E-state index in [4.69, 9.17) is 19.9 Å². The van der Waals surface area contributed by atoms with Crippen LogP contribution in [0.2, 0.25) is 0 Å². The van der Waals surface area contributed by atoms with E-state index in [0.29, 0.717) is 23.6 Å². The van der Waals surface area contributed by atoms with E-state index in [0.717, 1.165) is 5.56 Å². The number of allylic oxidation sites excluding steroid dienone is 2. The Kier molecular flexibility index (Phi) is 6.65. The SMILES string of the molecule is CCOC(=O)C1=C(C)OC(N)=C(C#N)C1c1ccc(OC(C)C)c(Cn2cccn2)c1. The summed E-state index contributed by atoms with van der Waals surface area (Å²) in [7, 11) is 0. The molecule has 8 heteroatoms. The second kappa shape index (κ2) is 9.39. The number of carbonyl (C=O) groups is 1. The summed E-state index contributed by atoms with van der Waals surface area (Å²) in [5, 5.41) is 14.1. The first-order valence-corrected chi connectivity index (χ1v) is 10.1. The predicted molar refractivity (Wildman–Crippen MR) is 114 cm³/mol. The summed E-state index contributed by atoms with van der Waals surface area (Å²) in [4.78, 5) is 12.7. The lowest BCUT2D eigenvalue weighted by Gasteiger charge is -2.27. The number of hydrogen-bond acceptors (Lipinski definition) is 7. The fourth-order valence-electron chi connectivity index (χ4n) is 3.53. The molecular formula is C23H26N4O4. The molecule has 2 heterocycles. The Morgan fingerprint density at radius 1 is 1.42 bits per heavy atom. The van der Waals surface area contributed by atoms with Crippen molar-refractivity contribution in [1.29, 1.82) is 5.26 Å². The highest BCUT2D eigenvalue weighted by atomic mass is 16.5. The van der Waals surface area contributed by atoms with Gasteiger partial charge in [-0.25, -0.2) is 4.79 Å². The monoisotopic (exact) mass is 422 g/mol. The molecule has 0 spiro atoms. The van der Waals surface area contributed by atoms with E-state index in [-0.39, 0.29) is 29.7 Å². The third-order valence-corrected chi connectivity index (χ3v) is 4.77. The number of nitrogens with zero attached hydrogens (tertiary/aromatic N) is 3. The van der Waals surface area contributed by atoms with Crippen LogP contribution in [0.1, 0.15) is 44.7 Å². The van der Waals surface area contributed by atoms with Gasteiger partial charge in [-0.1, -0.05) is 6.07 Å². The van der Waals surface area contributed by atoms with Crippen LogP contribution in [0.15, 0.2) is 59.4 Å². The number of hydrogen-bond donors (Lipinski definition) is 1. The third kappa shape index (κ3) is 4.72. The summed E-state index contributed by atoms with van der Waals surface area (Å²) in [6.07, 6.45) is 3.54. The summed E-state index contributed by atoms with van der Waals surface area (Å²) < 4.78 is 18.5. The minimum Gasteiger partial charge on any atom is -0.491 e. The van der Waals surface area contributed by atoms with E-state index >= 15 is 0 Å². The van der Waals surface area contributed by atoms with Crippen LogP contribution < -0.4 is 10.5 Å². The van der Waals surface area contributed by atoms with Crippen molar-refractivity contribution >= 4 is 5.97 Å². The first-order chi connectivity index (χ1) is 14.8. The zero-order valence-corrected chi connectivity index (χ0v) is 18.1. The van der Waals surface area contributed by atoms with Gasteiger partial charge in [-0.3, -0.25) is 4.68 Å². The van der Waals surface area contributed by atoms with Crippen LogP contribution in [-0.4, -0.2) is 28.5 Å². The van der Waals surface area contributed by atoms with Gasteiger partial charge < -0.3 is 19.9 Å². The Hall–Kier alpha value is -3.73. The zero-order chi connectivity index (χ0) is 22.5. The average molecular weight is 422 g/mol. The number of rotatable bonds is 7. The van der Waals surface area contributed by atoms with Crippen molar-refractivity contribution in [2.24, 2.45) is 5.73 Å². The lowest BCUT2D eigenvalue weighted by atomic mass is 9.82.